The fourth-order valence-electron chi connectivity index (χ4n) is 1.84. The van der Waals surface area contributed by atoms with Crippen LogP contribution >= 0.6 is 11.8 Å². The molecular weight excluding hydrogens is 305 g/mol. The van der Waals surface area contributed by atoms with Gasteiger partial charge in [0.2, 0.25) is 0 Å². The predicted molar refractivity (Wildman–Crippen MR) is 81.8 cm³/mol. The maximum absolute atomic E-state index is 12.8. The third-order valence-corrected chi connectivity index (χ3v) is 3.89. The van der Waals surface area contributed by atoms with Crippen LogP contribution in [-0.4, -0.2) is 15.3 Å². The number of hydrogen-bond donors (Lipinski definition) is 2. The molecule has 1 aromatic heterocycles. The molecule has 5 nitrogen and oxygen atoms in total. The van der Waals surface area contributed by atoms with E-state index >= 15 is 0 Å². The van der Waals surface area contributed by atoms with Gasteiger partial charge in [0.15, 0.2) is 0 Å². The third kappa shape index (κ3) is 3.04. The molecule has 0 saturated heterocycles. The van der Waals surface area contributed by atoms with E-state index in [1.165, 1.54) is 30.0 Å². The Morgan fingerprint density at radius 1 is 1.14 bits per heavy atom. The summed E-state index contributed by atoms with van der Waals surface area (Å²) in [5, 5.41) is 17.8. The van der Waals surface area contributed by atoms with Crippen LogP contribution < -0.4 is 5.73 Å². The van der Waals surface area contributed by atoms with Crippen molar-refractivity contribution in [1.82, 2.24) is 10.2 Å². The third-order valence-electron chi connectivity index (χ3n) is 3.00. The molecule has 0 spiro atoms. The summed E-state index contributed by atoms with van der Waals surface area (Å²) >= 11 is 1.34. The van der Waals surface area contributed by atoms with Crippen LogP contribution in [0.4, 0.5) is 10.1 Å². The molecule has 0 aliphatic rings. The first-order valence-electron chi connectivity index (χ1n) is 6.42. The molecule has 0 radical (unpaired) electrons. The van der Waals surface area contributed by atoms with E-state index in [1.807, 2.05) is 0 Å². The van der Waals surface area contributed by atoms with Crippen molar-refractivity contribution in [3.05, 3.63) is 53.8 Å². The van der Waals surface area contributed by atoms with Crippen molar-refractivity contribution in [2.45, 2.75) is 11.0 Å². The molecule has 3 aromatic rings. The second kappa shape index (κ2) is 6.07. The lowest BCUT2D eigenvalue weighted by Crippen LogP contribution is -1.90. The first-order valence-corrected chi connectivity index (χ1v) is 7.40. The molecule has 1 heterocycles. The van der Waals surface area contributed by atoms with Crippen molar-refractivity contribution in [3.63, 3.8) is 0 Å². The van der Waals surface area contributed by atoms with E-state index < -0.39 is 0 Å². The van der Waals surface area contributed by atoms with Crippen LogP contribution in [0.25, 0.3) is 11.5 Å². The Balaban J connectivity index is 1.74. The highest BCUT2D eigenvalue weighted by molar-refractivity contribution is 7.98. The van der Waals surface area contributed by atoms with E-state index in [4.69, 9.17) is 10.2 Å². The van der Waals surface area contributed by atoms with Crippen LogP contribution in [-0.2, 0) is 5.75 Å². The van der Waals surface area contributed by atoms with Crippen molar-refractivity contribution in [2.24, 2.45) is 0 Å². The van der Waals surface area contributed by atoms with E-state index in [0.29, 0.717) is 16.5 Å². The predicted octanol–water partition coefficient (Wildman–Crippen LogP) is 3.46. The first kappa shape index (κ1) is 14.4. The molecule has 3 rings (SSSR count). The molecular formula is C15H12FN3O2S. The van der Waals surface area contributed by atoms with Gasteiger partial charge in [0, 0.05) is 5.75 Å². The zero-order valence-corrected chi connectivity index (χ0v) is 12.2. The number of phenols is 1. The summed E-state index contributed by atoms with van der Waals surface area (Å²) in [5.41, 5.74) is 7.41. The van der Waals surface area contributed by atoms with E-state index in [-0.39, 0.29) is 23.1 Å². The smallest absolute Gasteiger partial charge is 0.277 e. The normalized spacial score (nSPS) is 10.8. The Morgan fingerprint density at radius 2 is 1.91 bits per heavy atom. The highest BCUT2D eigenvalue weighted by atomic mass is 32.2. The average molecular weight is 317 g/mol. The van der Waals surface area contributed by atoms with Gasteiger partial charge in [0.1, 0.15) is 11.6 Å². The molecule has 0 fully saturated rings. The van der Waals surface area contributed by atoms with Gasteiger partial charge < -0.3 is 15.3 Å². The lowest BCUT2D eigenvalue weighted by atomic mass is 10.1. The molecule has 3 N–H and O–H groups in total. The van der Waals surface area contributed by atoms with Crippen molar-refractivity contribution in [1.29, 1.82) is 0 Å². The number of hydrogen-bond acceptors (Lipinski definition) is 6. The second-order valence-corrected chi connectivity index (χ2v) is 5.45. The Labute approximate surface area is 130 Å². The zero-order valence-electron chi connectivity index (χ0n) is 11.4. The van der Waals surface area contributed by atoms with Gasteiger partial charge >= 0.3 is 0 Å². The molecule has 0 unspecified atom stereocenters. The molecule has 0 saturated carbocycles. The Bertz CT molecular complexity index is 790. The van der Waals surface area contributed by atoms with Gasteiger partial charge in [0.25, 0.3) is 11.1 Å². The molecule has 22 heavy (non-hydrogen) atoms. The quantitative estimate of drug-likeness (QED) is 0.435. The van der Waals surface area contributed by atoms with Gasteiger partial charge in [-0.15, -0.1) is 10.2 Å². The molecule has 0 aliphatic carbocycles. The second-order valence-electron chi connectivity index (χ2n) is 4.53. The van der Waals surface area contributed by atoms with Crippen LogP contribution in [0.15, 0.2) is 52.1 Å². The van der Waals surface area contributed by atoms with Gasteiger partial charge in [-0.1, -0.05) is 30.0 Å². The van der Waals surface area contributed by atoms with Crippen molar-refractivity contribution in [3.8, 4) is 17.2 Å². The van der Waals surface area contributed by atoms with Crippen molar-refractivity contribution < 1.29 is 13.9 Å². The number of anilines is 1. The number of thioether (sulfide) groups is 1. The fourth-order valence-corrected chi connectivity index (χ4v) is 2.56. The summed E-state index contributed by atoms with van der Waals surface area (Å²) in [6.07, 6.45) is 0. The fraction of sp³-hybridized carbons (Fsp3) is 0.0667. The zero-order chi connectivity index (χ0) is 15.5. The van der Waals surface area contributed by atoms with E-state index in [9.17, 15) is 9.50 Å². The minimum absolute atomic E-state index is 0.0313. The Kier molecular flexibility index (Phi) is 3.97. The number of aromatic nitrogens is 2. The van der Waals surface area contributed by atoms with Gasteiger partial charge in [0.05, 0.1) is 11.3 Å². The summed E-state index contributed by atoms with van der Waals surface area (Å²) < 4.78 is 18.4. The minimum atomic E-state index is -0.270. The Morgan fingerprint density at radius 3 is 2.68 bits per heavy atom. The number of halogens is 1. The number of aromatic hydroxyl groups is 1. The van der Waals surface area contributed by atoms with Crippen molar-refractivity contribution >= 4 is 17.4 Å². The number of nitrogen functional groups attached to an aromatic ring is 1. The molecule has 7 heteroatoms. The number of rotatable bonds is 4. The average Bonchev–Trinajstić information content (AvgIpc) is 2.98. The van der Waals surface area contributed by atoms with E-state index in [2.05, 4.69) is 10.2 Å². The number of benzene rings is 2. The highest BCUT2D eigenvalue weighted by Gasteiger charge is 2.13. The summed E-state index contributed by atoms with van der Waals surface area (Å²) in [5.74, 6) is 0.525. The standard InChI is InChI=1S/C15H12FN3O2S/c16-10-6-4-9(5-7-10)8-22-15-19-18-14(21-15)11-2-1-3-12(20)13(11)17/h1-7,20H,8,17H2. The lowest BCUT2D eigenvalue weighted by molar-refractivity contribution is 0.463. The summed E-state index contributed by atoms with van der Waals surface area (Å²) in [4.78, 5) is 0. The van der Waals surface area contributed by atoms with Gasteiger partial charge in [-0.05, 0) is 29.8 Å². The molecule has 0 bridgehead atoms. The molecule has 112 valence electrons. The van der Waals surface area contributed by atoms with Crippen LogP contribution in [0.1, 0.15) is 5.56 Å². The number of nitrogens with zero attached hydrogens (tertiary/aromatic N) is 2. The summed E-state index contributed by atoms with van der Waals surface area (Å²) in [6, 6.07) is 11.0. The van der Waals surface area contributed by atoms with Crippen LogP contribution in [0, 0.1) is 5.82 Å². The molecule has 2 aromatic carbocycles. The van der Waals surface area contributed by atoms with Gasteiger partial charge in [-0.2, -0.15) is 0 Å². The lowest BCUT2D eigenvalue weighted by Gasteiger charge is -2.02. The molecule has 0 amide bonds. The number of nitrogens with two attached hydrogens (primary N) is 1. The van der Waals surface area contributed by atoms with Gasteiger partial charge in [-0.25, -0.2) is 4.39 Å². The number of phenolic OH excluding ortho intramolecular Hbond substituents is 1. The van der Waals surface area contributed by atoms with Crippen LogP contribution in [0.3, 0.4) is 0 Å². The number of para-hydroxylation sites is 1. The SMILES string of the molecule is Nc1c(O)cccc1-c1nnc(SCc2ccc(F)cc2)o1. The minimum Gasteiger partial charge on any atom is -0.506 e. The maximum Gasteiger partial charge on any atom is 0.277 e. The largest absolute Gasteiger partial charge is 0.506 e. The Hall–Kier alpha value is -2.54. The van der Waals surface area contributed by atoms with Gasteiger partial charge in [-0.3, -0.25) is 0 Å². The maximum atomic E-state index is 12.8. The van der Waals surface area contributed by atoms with E-state index in [1.54, 1.807) is 24.3 Å². The molecule has 0 atom stereocenters. The molecule has 0 aliphatic heterocycles. The first-order chi connectivity index (χ1) is 10.6. The summed E-state index contributed by atoms with van der Waals surface area (Å²) in [7, 11) is 0. The highest BCUT2D eigenvalue weighted by Crippen LogP contribution is 2.33. The van der Waals surface area contributed by atoms with Crippen molar-refractivity contribution in [2.75, 3.05) is 5.73 Å². The van der Waals surface area contributed by atoms with Crippen LogP contribution in [0.2, 0.25) is 0 Å². The van der Waals surface area contributed by atoms with E-state index in [0.717, 1.165) is 5.56 Å². The summed E-state index contributed by atoms with van der Waals surface area (Å²) in [6.45, 7) is 0. The topological polar surface area (TPSA) is 85.2 Å². The van der Waals surface area contributed by atoms with Crippen LogP contribution in [0.5, 0.6) is 5.75 Å². The monoisotopic (exact) mass is 317 g/mol.